The topological polar surface area (TPSA) is 309 Å². The molecule has 0 saturated carbocycles. The Kier molecular flexibility index (Phi) is 17.1. The van der Waals surface area contributed by atoms with Gasteiger partial charge in [-0.15, -0.1) is 6.58 Å². The molecular formula is C32H47N7O11. The normalized spacial score (nSPS) is 14.5. The van der Waals surface area contributed by atoms with Crippen LogP contribution in [0.4, 0.5) is 0 Å². The number of phenolic OH excluding ortho intramolecular Hbond substituents is 1. The Labute approximate surface area is 288 Å². The van der Waals surface area contributed by atoms with E-state index in [9.17, 15) is 53.7 Å². The number of hydrogen-bond acceptors (Lipinski definition) is 10. The monoisotopic (exact) mass is 705 g/mol. The minimum absolute atomic E-state index is 0.0361. The molecule has 18 nitrogen and oxygen atoms in total. The molecule has 1 unspecified atom stereocenters. The molecule has 50 heavy (non-hydrogen) atoms. The van der Waals surface area contributed by atoms with Crippen LogP contribution in [0.2, 0.25) is 0 Å². The lowest BCUT2D eigenvalue weighted by Crippen LogP contribution is -2.61. The number of carboxylic acid groups (broad SMARTS) is 2. The van der Waals surface area contributed by atoms with E-state index in [0.717, 1.165) is 0 Å². The maximum Gasteiger partial charge on any atom is 0.326 e. The lowest BCUT2D eigenvalue weighted by Gasteiger charge is -2.29. The molecular weight excluding hydrogens is 658 g/mol. The van der Waals surface area contributed by atoms with Crippen LogP contribution in [-0.2, 0) is 44.8 Å². The quantitative estimate of drug-likeness (QED) is 0.0622. The largest absolute Gasteiger partial charge is 0.508 e. The summed E-state index contributed by atoms with van der Waals surface area (Å²) in [4.78, 5) is 100. The van der Waals surface area contributed by atoms with Crippen LogP contribution >= 0.6 is 0 Å². The van der Waals surface area contributed by atoms with Crippen LogP contribution in [0.1, 0.15) is 52.5 Å². The first kappa shape index (κ1) is 42.5. The second kappa shape index (κ2) is 20.1. The molecule has 0 fully saturated rings. The Balaban J connectivity index is 3.14. The number of aliphatic carboxylic acids is 2. The molecule has 6 amide bonds. The molecule has 1 aromatic carbocycles. The maximum absolute atomic E-state index is 13.4. The maximum atomic E-state index is 13.4. The van der Waals surface area contributed by atoms with Gasteiger partial charge in [0.15, 0.2) is 0 Å². The van der Waals surface area contributed by atoms with Gasteiger partial charge in [-0.2, -0.15) is 0 Å². The Morgan fingerprint density at radius 3 is 1.58 bits per heavy atom. The van der Waals surface area contributed by atoms with E-state index in [2.05, 4.69) is 33.2 Å². The third kappa shape index (κ3) is 14.3. The van der Waals surface area contributed by atoms with Crippen LogP contribution < -0.4 is 38.1 Å². The fourth-order valence-electron chi connectivity index (χ4n) is 4.54. The zero-order chi connectivity index (χ0) is 38.3. The fraction of sp³-hybridized carbons (Fsp3) is 0.500. The van der Waals surface area contributed by atoms with Crippen molar-refractivity contribution in [2.75, 3.05) is 0 Å². The van der Waals surface area contributed by atoms with Crippen molar-refractivity contribution >= 4 is 47.4 Å². The highest BCUT2D eigenvalue weighted by molar-refractivity contribution is 5.98. The average Bonchev–Trinajstić information content (AvgIpc) is 3.01. The van der Waals surface area contributed by atoms with Gasteiger partial charge < -0.3 is 53.4 Å². The summed E-state index contributed by atoms with van der Waals surface area (Å²) in [6.45, 7) is 9.82. The molecule has 6 atom stereocenters. The molecule has 0 aliphatic carbocycles. The van der Waals surface area contributed by atoms with Crippen LogP contribution in [0.5, 0.6) is 5.75 Å². The lowest BCUT2D eigenvalue weighted by molar-refractivity contribution is -0.144. The minimum atomic E-state index is -1.82. The summed E-state index contributed by atoms with van der Waals surface area (Å²) in [6.07, 6.45) is -0.692. The lowest BCUT2D eigenvalue weighted by atomic mass is 9.98. The smallest absolute Gasteiger partial charge is 0.326 e. The Bertz CT molecular complexity index is 1420. The van der Waals surface area contributed by atoms with E-state index in [1.54, 1.807) is 39.8 Å². The molecule has 276 valence electrons. The zero-order valence-corrected chi connectivity index (χ0v) is 28.3. The summed E-state index contributed by atoms with van der Waals surface area (Å²) in [7, 11) is 0. The Morgan fingerprint density at radius 1 is 0.700 bits per heavy atom. The summed E-state index contributed by atoms with van der Waals surface area (Å²) in [5.74, 6) is -9.84. The SMILES string of the molecule is C=CCC(NC(=O)[C@H](CC(=O)O)NC(=O)[C@H](CC(N)=O)NC(=O)[C@@H](NC(=O)[C@@H](NC(=O)[C@@H](N)Cc1ccc(O)cc1)C(C)C)C(C)C)C(=O)O. The first-order valence-corrected chi connectivity index (χ1v) is 15.7. The van der Waals surface area contributed by atoms with E-state index in [1.807, 2.05) is 0 Å². The van der Waals surface area contributed by atoms with Crippen molar-refractivity contribution in [3.05, 3.63) is 42.5 Å². The number of rotatable bonds is 21. The molecule has 1 rings (SSSR count). The van der Waals surface area contributed by atoms with Crippen LogP contribution in [0.25, 0.3) is 0 Å². The van der Waals surface area contributed by atoms with Gasteiger partial charge in [0.25, 0.3) is 0 Å². The van der Waals surface area contributed by atoms with Gasteiger partial charge in [0.2, 0.25) is 35.4 Å². The Hall–Kier alpha value is -5.52. The summed E-state index contributed by atoms with van der Waals surface area (Å²) in [5.41, 5.74) is 12.0. The number of carboxylic acids is 2. The molecule has 0 bridgehead atoms. The van der Waals surface area contributed by atoms with Crippen molar-refractivity contribution in [2.45, 2.75) is 89.6 Å². The van der Waals surface area contributed by atoms with Gasteiger partial charge in [0, 0.05) is 0 Å². The molecule has 0 aliphatic heterocycles. The molecule has 0 spiro atoms. The standard InChI is InChI=1S/C32H47N7O11/c1-6-7-20(32(49)50)35-29(46)22(14-24(42)43)36-28(45)21(13-23(34)41)37-30(47)25(15(2)3)39-31(48)26(16(4)5)38-27(44)19(33)12-17-8-10-18(40)11-9-17/h6,8-11,15-16,19-22,25-26,40H,1,7,12-14,33H2,2-5H3,(H2,34,41)(H,35,46)(H,36,45)(H,37,47)(H,38,44)(H,39,48)(H,42,43)(H,49,50)/t19-,20?,21-,22-,25-,26-/m0/s1. The third-order valence-corrected chi connectivity index (χ3v) is 7.29. The van der Waals surface area contributed by atoms with Gasteiger partial charge in [0.05, 0.1) is 18.9 Å². The number of benzene rings is 1. The molecule has 0 heterocycles. The van der Waals surface area contributed by atoms with Crippen molar-refractivity contribution in [2.24, 2.45) is 23.3 Å². The van der Waals surface area contributed by atoms with Crippen molar-refractivity contribution in [1.82, 2.24) is 26.6 Å². The van der Waals surface area contributed by atoms with E-state index in [0.29, 0.717) is 5.56 Å². The van der Waals surface area contributed by atoms with Crippen LogP contribution in [-0.4, -0.2) is 99.0 Å². The Morgan fingerprint density at radius 2 is 1.14 bits per heavy atom. The van der Waals surface area contributed by atoms with E-state index in [4.69, 9.17) is 11.5 Å². The highest BCUT2D eigenvalue weighted by Gasteiger charge is 2.35. The van der Waals surface area contributed by atoms with E-state index in [-0.39, 0.29) is 18.6 Å². The number of primary amides is 1. The number of amides is 6. The van der Waals surface area contributed by atoms with Gasteiger partial charge in [-0.05, 0) is 42.4 Å². The number of nitrogens with one attached hydrogen (secondary N) is 5. The number of carbonyl (C=O) groups excluding carboxylic acids is 6. The number of hydrogen-bond donors (Lipinski definition) is 10. The zero-order valence-electron chi connectivity index (χ0n) is 28.3. The highest BCUT2D eigenvalue weighted by atomic mass is 16.4. The van der Waals surface area contributed by atoms with Gasteiger partial charge in [-0.1, -0.05) is 45.9 Å². The van der Waals surface area contributed by atoms with Crippen LogP contribution in [0.15, 0.2) is 36.9 Å². The second-order valence-electron chi connectivity index (χ2n) is 12.3. The van der Waals surface area contributed by atoms with Crippen molar-refractivity contribution in [1.29, 1.82) is 0 Å². The molecule has 0 radical (unpaired) electrons. The minimum Gasteiger partial charge on any atom is -0.508 e. The predicted molar refractivity (Wildman–Crippen MR) is 178 cm³/mol. The fourth-order valence-corrected chi connectivity index (χ4v) is 4.54. The van der Waals surface area contributed by atoms with Gasteiger partial charge >= 0.3 is 11.9 Å². The van der Waals surface area contributed by atoms with Crippen molar-refractivity contribution in [3.8, 4) is 5.75 Å². The highest BCUT2D eigenvalue weighted by Crippen LogP contribution is 2.12. The second-order valence-corrected chi connectivity index (χ2v) is 12.3. The van der Waals surface area contributed by atoms with E-state index >= 15 is 0 Å². The number of carbonyl (C=O) groups is 8. The molecule has 0 saturated heterocycles. The van der Waals surface area contributed by atoms with E-state index < -0.39 is 108 Å². The molecule has 0 aromatic heterocycles. The summed E-state index contributed by atoms with van der Waals surface area (Å²) in [6, 6.07) is -2.55. The summed E-state index contributed by atoms with van der Waals surface area (Å²) < 4.78 is 0. The van der Waals surface area contributed by atoms with Gasteiger partial charge in [-0.3, -0.25) is 33.6 Å². The van der Waals surface area contributed by atoms with Crippen LogP contribution in [0.3, 0.4) is 0 Å². The van der Waals surface area contributed by atoms with Gasteiger partial charge in [-0.25, -0.2) is 4.79 Å². The molecule has 18 heteroatoms. The number of phenols is 1. The first-order valence-electron chi connectivity index (χ1n) is 15.7. The molecule has 12 N–H and O–H groups in total. The summed E-state index contributed by atoms with van der Waals surface area (Å²) >= 11 is 0. The van der Waals surface area contributed by atoms with Crippen LogP contribution in [0, 0.1) is 11.8 Å². The number of aromatic hydroxyl groups is 1. The van der Waals surface area contributed by atoms with Crippen molar-refractivity contribution in [3.63, 3.8) is 0 Å². The first-order chi connectivity index (χ1) is 23.3. The predicted octanol–water partition coefficient (Wildman–Crippen LogP) is -1.99. The van der Waals surface area contributed by atoms with E-state index in [1.165, 1.54) is 18.2 Å². The molecule has 1 aromatic rings. The average molecular weight is 706 g/mol. The third-order valence-electron chi connectivity index (χ3n) is 7.29. The number of nitrogens with two attached hydrogens (primary N) is 2. The molecule has 0 aliphatic rings. The summed E-state index contributed by atoms with van der Waals surface area (Å²) in [5, 5.41) is 39.7. The van der Waals surface area contributed by atoms with Crippen molar-refractivity contribution < 1.29 is 53.7 Å². The van der Waals surface area contributed by atoms with Gasteiger partial charge in [0.1, 0.15) is 36.0 Å².